The average molecular weight is 309 g/mol. The Hall–Kier alpha value is -3.44. The number of nitrogens with zero attached hydrogens (tertiary/aromatic N) is 1. The lowest BCUT2D eigenvalue weighted by Gasteiger charge is -2.02. The zero-order chi connectivity index (χ0) is 16.8. The Morgan fingerprint density at radius 1 is 0.792 bits per heavy atom. The van der Waals surface area contributed by atoms with Crippen LogP contribution in [0.2, 0.25) is 0 Å². The van der Waals surface area contributed by atoms with Crippen LogP contribution >= 0.6 is 0 Å². The van der Waals surface area contributed by atoms with E-state index in [9.17, 15) is 4.79 Å². The number of hydrogen-bond acceptors (Lipinski definition) is 2. The van der Waals surface area contributed by atoms with Crippen molar-refractivity contribution in [3.63, 3.8) is 0 Å². The van der Waals surface area contributed by atoms with E-state index >= 15 is 0 Å². The van der Waals surface area contributed by atoms with Gasteiger partial charge in [0.05, 0.1) is 11.6 Å². The molecule has 0 saturated heterocycles. The summed E-state index contributed by atoms with van der Waals surface area (Å²) in [6.07, 6.45) is 3.41. The van der Waals surface area contributed by atoms with Gasteiger partial charge in [-0.15, -0.1) is 0 Å². The Labute approximate surface area is 141 Å². The molecule has 0 spiro atoms. The van der Waals surface area contributed by atoms with Crippen molar-refractivity contribution < 1.29 is 4.79 Å². The third-order valence-corrected chi connectivity index (χ3v) is 3.74. The number of ketones is 1. The molecule has 0 bridgehead atoms. The Morgan fingerprint density at radius 2 is 1.38 bits per heavy atom. The third kappa shape index (κ3) is 3.66. The molecule has 0 aliphatic carbocycles. The Morgan fingerprint density at radius 3 is 1.96 bits per heavy atom. The second kappa shape index (κ2) is 7.21. The quantitative estimate of drug-likeness (QED) is 0.495. The summed E-state index contributed by atoms with van der Waals surface area (Å²) < 4.78 is 0. The van der Waals surface area contributed by atoms with Crippen molar-refractivity contribution in [1.29, 1.82) is 5.26 Å². The number of carbonyl (C=O) groups excluding carboxylic acids is 1. The summed E-state index contributed by atoms with van der Waals surface area (Å²) in [6.45, 7) is 0. The van der Waals surface area contributed by atoms with Crippen LogP contribution in [0.25, 0.3) is 17.2 Å². The molecule has 0 aliphatic heterocycles. The van der Waals surface area contributed by atoms with E-state index in [1.54, 1.807) is 18.2 Å². The minimum Gasteiger partial charge on any atom is -0.289 e. The van der Waals surface area contributed by atoms with Crippen LogP contribution in [0.15, 0.2) is 84.9 Å². The van der Waals surface area contributed by atoms with Crippen molar-refractivity contribution in [3.8, 4) is 17.2 Å². The van der Waals surface area contributed by atoms with Crippen LogP contribution in [0.5, 0.6) is 0 Å². The average Bonchev–Trinajstić information content (AvgIpc) is 2.67. The number of rotatable bonds is 4. The molecule has 2 heteroatoms. The normalized spacial score (nSPS) is 10.5. The molecule has 114 valence electrons. The zero-order valence-corrected chi connectivity index (χ0v) is 13.0. The Kier molecular flexibility index (Phi) is 4.65. The summed E-state index contributed by atoms with van der Waals surface area (Å²) in [4.78, 5) is 12.1. The predicted molar refractivity (Wildman–Crippen MR) is 96.4 cm³/mol. The van der Waals surface area contributed by atoms with Crippen LogP contribution in [0.3, 0.4) is 0 Å². The Bertz CT molecular complexity index is 899. The van der Waals surface area contributed by atoms with E-state index in [-0.39, 0.29) is 5.78 Å². The van der Waals surface area contributed by atoms with Crippen molar-refractivity contribution in [1.82, 2.24) is 0 Å². The number of nitriles is 1. The van der Waals surface area contributed by atoms with E-state index in [2.05, 4.69) is 6.07 Å². The summed E-state index contributed by atoms with van der Waals surface area (Å²) in [5.41, 5.74) is 4.44. The number of allylic oxidation sites excluding steroid dienone is 1. The maximum absolute atomic E-state index is 12.1. The number of carbonyl (C=O) groups is 1. The van der Waals surface area contributed by atoms with Gasteiger partial charge in [0.15, 0.2) is 5.78 Å². The molecule has 0 heterocycles. The summed E-state index contributed by atoms with van der Waals surface area (Å²) in [5.74, 6) is -0.00762. The van der Waals surface area contributed by atoms with Crippen molar-refractivity contribution in [2.75, 3.05) is 0 Å². The van der Waals surface area contributed by atoms with E-state index in [1.807, 2.05) is 72.8 Å². The minimum absolute atomic E-state index is 0.00762. The molecule has 0 saturated carbocycles. The molecular formula is C22H15NO. The molecular weight excluding hydrogens is 294 g/mol. The van der Waals surface area contributed by atoms with Crippen molar-refractivity contribution >= 4 is 11.9 Å². The van der Waals surface area contributed by atoms with Gasteiger partial charge in [0.1, 0.15) is 0 Å². The summed E-state index contributed by atoms with van der Waals surface area (Å²) >= 11 is 0. The molecule has 0 amide bonds. The molecule has 0 aliphatic rings. The predicted octanol–water partition coefficient (Wildman–Crippen LogP) is 5.12. The van der Waals surface area contributed by atoms with Gasteiger partial charge in [-0.25, -0.2) is 0 Å². The van der Waals surface area contributed by atoms with Crippen LogP contribution in [-0.2, 0) is 0 Å². The lowest BCUT2D eigenvalue weighted by atomic mass is 10.0. The first-order valence-electron chi connectivity index (χ1n) is 7.64. The van der Waals surface area contributed by atoms with E-state index in [0.29, 0.717) is 11.1 Å². The van der Waals surface area contributed by atoms with Gasteiger partial charge in [-0.3, -0.25) is 4.79 Å². The number of hydrogen-bond donors (Lipinski definition) is 0. The van der Waals surface area contributed by atoms with Crippen LogP contribution in [0.4, 0.5) is 0 Å². The molecule has 0 unspecified atom stereocenters. The van der Waals surface area contributed by atoms with Gasteiger partial charge in [0, 0.05) is 5.56 Å². The van der Waals surface area contributed by atoms with Crippen LogP contribution < -0.4 is 0 Å². The van der Waals surface area contributed by atoms with Crippen LogP contribution in [-0.4, -0.2) is 5.78 Å². The number of benzene rings is 3. The second-order valence-corrected chi connectivity index (χ2v) is 5.37. The molecule has 0 N–H and O–H groups in total. The highest BCUT2D eigenvalue weighted by molar-refractivity contribution is 6.06. The summed E-state index contributed by atoms with van der Waals surface area (Å²) in [7, 11) is 0. The molecule has 3 aromatic carbocycles. The van der Waals surface area contributed by atoms with E-state index in [1.165, 1.54) is 0 Å². The first-order valence-corrected chi connectivity index (χ1v) is 7.64. The fraction of sp³-hybridized carbons (Fsp3) is 0. The highest BCUT2D eigenvalue weighted by Crippen LogP contribution is 2.20. The highest BCUT2D eigenvalue weighted by atomic mass is 16.1. The molecule has 2 nitrogen and oxygen atoms in total. The van der Waals surface area contributed by atoms with Crippen LogP contribution in [0.1, 0.15) is 21.5 Å². The fourth-order valence-electron chi connectivity index (χ4n) is 2.39. The van der Waals surface area contributed by atoms with E-state index in [0.717, 1.165) is 16.7 Å². The second-order valence-electron chi connectivity index (χ2n) is 5.37. The maximum Gasteiger partial charge on any atom is 0.185 e. The van der Waals surface area contributed by atoms with Crippen LogP contribution in [0, 0.1) is 11.3 Å². The molecule has 0 aromatic heterocycles. The van der Waals surface area contributed by atoms with Gasteiger partial charge in [0.2, 0.25) is 0 Å². The molecule has 0 radical (unpaired) electrons. The van der Waals surface area contributed by atoms with Gasteiger partial charge in [0.25, 0.3) is 0 Å². The van der Waals surface area contributed by atoms with Gasteiger partial charge in [-0.2, -0.15) is 5.26 Å². The van der Waals surface area contributed by atoms with Gasteiger partial charge in [-0.1, -0.05) is 72.8 Å². The standard InChI is InChI=1S/C22H15NO/c23-16-18-8-13-20(14-9-18)19-11-6-17(7-12-19)10-15-22(24)21-4-2-1-3-5-21/h1-15H/b15-10+. The van der Waals surface area contributed by atoms with Crippen molar-refractivity contribution in [2.24, 2.45) is 0 Å². The largest absolute Gasteiger partial charge is 0.289 e. The van der Waals surface area contributed by atoms with Gasteiger partial charge >= 0.3 is 0 Å². The first kappa shape index (κ1) is 15.5. The molecule has 0 atom stereocenters. The minimum atomic E-state index is -0.00762. The fourth-order valence-corrected chi connectivity index (χ4v) is 2.39. The maximum atomic E-state index is 12.1. The third-order valence-electron chi connectivity index (χ3n) is 3.74. The van der Waals surface area contributed by atoms with Crippen molar-refractivity contribution in [3.05, 3.63) is 102 Å². The molecule has 0 fully saturated rings. The first-order chi connectivity index (χ1) is 11.8. The Balaban J connectivity index is 1.73. The topological polar surface area (TPSA) is 40.9 Å². The molecule has 3 aromatic rings. The van der Waals surface area contributed by atoms with Gasteiger partial charge in [-0.05, 0) is 34.9 Å². The molecule has 24 heavy (non-hydrogen) atoms. The van der Waals surface area contributed by atoms with Crippen molar-refractivity contribution in [2.45, 2.75) is 0 Å². The zero-order valence-electron chi connectivity index (χ0n) is 13.0. The molecule has 3 rings (SSSR count). The lowest BCUT2D eigenvalue weighted by molar-refractivity contribution is 0.104. The monoisotopic (exact) mass is 309 g/mol. The SMILES string of the molecule is N#Cc1ccc(-c2ccc(/C=C/C(=O)c3ccccc3)cc2)cc1. The van der Waals surface area contributed by atoms with E-state index < -0.39 is 0 Å². The van der Waals surface area contributed by atoms with E-state index in [4.69, 9.17) is 5.26 Å². The summed E-state index contributed by atoms with van der Waals surface area (Å²) in [5, 5.41) is 8.84. The smallest absolute Gasteiger partial charge is 0.185 e. The lowest BCUT2D eigenvalue weighted by Crippen LogP contribution is -1.92. The summed E-state index contributed by atoms with van der Waals surface area (Å²) in [6, 6.07) is 26.8. The highest BCUT2D eigenvalue weighted by Gasteiger charge is 2.00. The van der Waals surface area contributed by atoms with Gasteiger partial charge < -0.3 is 0 Å².